The molecule has 1 rings (SSSR count). The number of aromatic nitrogens is 2. The summed E-state index contributed by atoms with van der Waals surface area (Å²) in [7, 11) is 0. The molecule has 1 aromatic rings. The van der Waals surface area contributed by atoms with E-state index in [1.54, 1.807) is 0 Å². The van der Waals surface area contributed by atoms with Crippen LogP contribution in [0, 0.1) is 6.07 Å². The van der Waals surface area contributed by atoms with Crippen molar-refractivity contribution in [3.05, 3.63) is 18.0 Å². The second kappa shape index (κ2) is 1.55. The maximum atomic E-state index is 9.75. The lowest BCUT2D eigenvalue weighted by molar-refractivity contribution is 0.111. The molecule has 1 heterocycles. The number of carbonyl (C=O) groups excluding carboxylic acids is 1. The molecule has 0 saturated carbocycles. The van der Waals surface area contributed by atoms with Crippen molar-refractivity contribution >= 4 is 6.29 Å². The van der Waals surface area contributed by atoms with Crippen molar-refractivity contribution < 1.29 is 4.79 Å². The predicted molar refractivity (Wildman–Crippen MR) is 22.8 cm³/mol. The summed E-state index contributed by atoms with van der Waals surface area (Å²) >= 11 is 0. The number of hydrogen-bond acceptors (Lipinski definition) is 2. The fraction of sp³-hybridized carbons (Fsp3) is 0. The third kappa shape index (κ3) is 0.652. The molecule has 0 spiro atoms. The molecule has 0 unspecified atom stereocenters. The van der Waals surface area contributed by atoms with Crippen molar-refractivity contribution in [2.24, 2.45) is 0 Å². The molecule has 0 fully saturated rings. The second-order valence-electron chi connectivity index (χ2n) is 1.03. The summed E-state index contributed by atoms with van der Waals surface area (Å²) in [6.07, 6.45) is 2.11. The van der Waals surface area contributed by atoms with Crippen LogP contribution in [0.15, 0.2) is 6.20 Å². The molecule has 0 aliphatic heterocycles. The number of nitrogens with zero attached hydrogens (tertiary/aromatic N) is 1. The van der Waals surface area contributed by atoms with Crippen LogP contribution in [-0.4, -0.2) is 16.5 Å². The fourth-order valence-electron chi connectivity index (χ4n) is 0.301. The minimum atomic E-state index is 0.319. The SMILES string of the molecule is O=Cc1[c]c[nH]n1. The third-order valence-electron chi connectivity index (χ3n) is 0.581. The number of H-pyrrole nitrogens is 1. The van der Waals surface area contributed by atoms with Crippen LogP contribution >= 0.6 is 0 Å². The standard InChI is InChI=1S/C4H3N2O/c7-3-4-1-2-5-6-4/h2-3H,(H,5,6). The van der Waals surface area contributed by atoms with Crippen LogP contribution < -0.4 is 0 Å². The highest BCUT2D eigenvalue weighted by molar-refractivity contribution is 5.70. The Morgan fingerprint density at radius 3 is 3.14 bits per heavy atom. The van der Waals surface area contributed by atoms with Gasteiger partial charge in [0.1, 0.15) is 5.69 Å². The van der Waals surface area contributed by atoms with E-state index >= 15 is 0 Å². The van der Waals surface area contributed by atoms with Crippen molar-refractivity contribution in [1.29, 1.82) is 0 Å². The van der Waals surface area contributed by atoms with Gasteiger partial charge in [-0.05, 0) is 0 Å². The van der Waals surface area contributed by atoms with Crippen LogP contribution in [0.25, 0.3) is 0 Å². The number of hydrogen-bond donors (Lipinski definition) is 1. The highest BCUT2D eigenvalue weighted by atomic mass is 16.1. The summed E-state index contributed by atoms with van der Waals surface area (Å²) < 4.78 is 0. The van der Waals surface area contributed by atoms with Gasteiger partial charge in [-0.15, -0.1) is 0 Å². The normalized spacial score (nSPS) is 8.57. The van der Waals surface area contributed by atoms with Gasteiger partial charge in [-0.2, -0.15) is 5.10 Å². The molecule has 0 bridgehead atoms. The molecule has 1 aromatic heterocycles. The van der Waals surface area contributed by atoms with Gasteiger partial charge < -0.3 is 0 Å². The highest BCUT2D eigenvalue weighted by Crippen LogP contribution is 1.79. The van der Waals surface area contributed by atoms with Gasteiger partial charge >= 0.3 is 0 Å². The van der Waals surface area contributed by atoms with E-state index < -0.39 is 0 Å². The first-order valence-electron chi connectivity index (χ1n) is 1.80. The van der Waals surface area contributed by atoms with Crippen molar-refractivity contribution in [1.82, 2.24) is 10.2 Å². The Balaban J connectivity index is 2.96. The van der Waals surface area contributed by atoms with Gasteiger partial charge in [0.25, 0.3) is 0 Å². The van der Waals surface area contributed by atoms with Crippen LogP contribution in [0.1, 0.15) is 10.5 Å². The predicted octanol–water partition coefficient (Wildman–Crippen LogP) is 0.0224. The Kier molecular flexibility index (Phi) is 0.898. The van der Waals surface area contributed by atoms with Crippen molar-refractivity contribution in [3.63, 3.8) is 0 Å². The van der Waals surface area contributed by atoms with E-state index in [1.807, 2.05) is 0 Å². The molecule has 3 nitrogen and oxygen atoms in total. The van der Waals surface area contributed by atoms with Crippen molar-refractivity contribution in [2.45, 2.75) is 0 Å². The number of carbonyl (C=O) groups is 1. The molecule has 1 N–H and O–H groups in total. The van der Waals surface area contributed by atoms with E-state index in [4.69, 9.17) is 0 Å². The van der Waals surface area contributed by atoms with Crippen molar-refractivity contribution in [3.8, 4) is 0 Å². The first-order chi connectivity index (χ1) is 3.43. The Morgan fingerprint density at radius 1 is 2.00 bits per heavy atom. The molecule has 1 radical (unpaired) electrons. The van der Waals surface area contributed by atoms with Crippen LogP contribution in [0.2, 0.25) is 0 Å². The van der Waals surface area contributed by atoms with E-state index in [0.717, 1.165) is 0 Å². The fourth-order valence-corrected chi connectivity index (χ4v) is 0.301. The summed E-state index contributed by atoms with van der Waals surface area (Å²) in [5, 5.41) is 5.93. The minimum Gasteiger partial charge on any atom is -0.296 e. The molecule has 0 saturated heterocycles. The molecule has 0 aliphatic rings. The Bertz CT molecular complexity index is 145. The van der Waals surface area contributed by atoms with E-state index in [-0.39, 0.29) is 0 Å². The van der Waals surface area contributed by atoms with Crippen LogP contribution in [0.5, 0.6) is 0 Å². The maximum absolute atomic E-state index is 9.75. The van der Waals surface area contributed by atoms with Crippen LogP contribution in [-0.2, 0) is 0 Å². The first-order valence-corrected chi connectivity index (χ1v) is 1.80. The zero-order chi connectivity index (χ0) is 5.11. The molecule has 0 aliphatic carbocycles. The van der Waals surface area contributed by atoms with Gasteiger partial charge in [0, 0.05) is 12.3 Å². The number of rotatable bonds is 1. The summed E-state index contributed by atoms with van der Waals surface area (Å²) in [5.74, 6) is 0. The smallest absolute Gasteiger partial charge is 0.170 e. The van der Waals surface area contributed by atoms with Gasteiger partial charge in [-0.1, -0.05) is 0 Å². The summed E-state index contributed by atoms with van der Waals surface area (Å²) in [5.41, 5.74) is 0.319. The van der Waals surface area contributed by atoms with Crippen molar-refractivity contribution in [2.75, 3.05) is 0 Å². The number of aldehydes is 1. The quantitative estimate of drug-likeness (QED) is 0.500. The molecule has 0 aromatic carbocycles. The topological polar surface area (TPSA) is 45.8 Å². The molecular weight excluding hydrogens is 92.1 g/mol. The third-order valence-corrected chi connectivity index (χ3v) is 0.581. The maximum Gasteiger partial charge on any atom is 0.170 e. The lowest BCUT2D eigenvalue weighted by Gasteiger charge is -1.64. The molecule has 3 heteroatoms. The van der Waals surface area contributed by atoms with E-state index in [9.17, 15) is 4.79 Å². The largest absolute Gasteiger partial charge is 0.296 e. The van der Waals surface area contributed by atoms with Gasteiger partial charge in [0.05, 0.1) is 0 Å². The zero-order valence-electron chi connectivity index (χ0n) is 3.51. The average molecular weight is 95.1 g/mol. The van der Waals surface area contributed by atoms with Gasteiger partial charge in [-0.25, -0.2) is 0 Å². The van der Waals surface area contributed by atoms with Gasteiger partial charge in [-0.3, -0.25) is 9.89 Å². The summed E-state index contributed by atoms with van der Waals surface area (Å²) in [4.78, 5) is 9.75. The lowest BCUT2D eigenvalue weighted by Crippen LogP contribution is -1.75. The molecular formula is C4H3N2O. The average Bonchev–Trinajstić information content (AvgIpc) is 2.14. The molecule has 35 valence electrons. The van der Waals surface area contributed by atoms with Crippen LogP contribution in [0.4, 0.5) is 0 Å². The monoisotopic (exact) mass is 95.0 g/mol. The minimum absolute atomic E-state index is 0.319. The van der Waals surface area contributed by atoms with E-state index in [2.05, 4.69) is 16.3 Å². The Morgan fingerprint density at radius 2 is 2.86 bits per heavy atom. The second-order valence-corrected chi connectivity index (χ2v) is 1.03. The Hall–Kier alpha value is -1.12. The zero-order valence-corrected chi connectivity index (χ0v) is 3.51. The Labute approximate surface area is 40.4 Å². The summed E-state index contributed by atoms with van der Waals surface area (Å²) in [6.45, 7) is 0. The molecule has 0 atom stereocenters. The molecule has 0 amide bonds. The lowest BCUT2D eigenvalue weighted by atomic mass is 10.5. The first kappa shape index (κ1) is 4.05. The van der Waals surface area contributed by atoms with E-state index in [1.165, 1.54) is 6.20 Å². The summed E-state index contributed by atoms with van der Waals surface area (Å²) in [6, 6.07) is 2.55. The van der Waals surface area contributed by atoms with E-state index in [0.29, 0.717) is 12.0 Å². The molecule has 7 heavy (non-hydrogen) atoms. The number of nitrogens with one attached hydrogen (secondary N) is 1. The highest BCUT2D eigenvalue weighted by Gasteiger charge is 1.84. The van der Waals surface area contributed by atoms with Gasteiger partial charge in [0.15, 0.2) is 6.29 Å². The van der Waals surface area contributed by atoms with Gasteiger partial charge in [0.2, 0.25) is 0 Å². The number of aromatic amines is 1. The van der Waals surface area contributed by atoms with Crippen LogP contribution in [0.3, 0.4) is 0 Å².